The zero-order chi connectivity index (χ0) is 23.2. The fourth-order valence-electron chi connectivity index (χ4n) is 5.77. The monoisotopic (exact) mass is 528 g/mol. The molecule has 4 heteroatoms. The minimum atomic E-state index is 0.102. The smallest absolute Gasteiger partial charge is 0.0795 e. The van der Waals surface area contributed by atoms with Crippen LogP contribution in [0.5, 0.6) is 0 Å². The van der Waals surface area contributed by atoms with Crippen molar-refractivity contribution < 1.29 is 0 Å². The van der Waals surface area contributed by atoms with Crippen molar-refractivity contribution in [1.29, 1.82) is 0 Å². The van der Waals surface area contributed by atoms with Crippen molar-refractivity contribution in [3.63, 3.8) is 0 Å². The standard InChI is InChI=1S/C31H28S4/c1-2-20-30(34-26-16-8-4-12-22(26)32-23-13-5-9-17-27(23)34)31(21-3-1)35-28-18-10-6-14-24(28)33-25-15-7-11-19-29(25)35/h4-19,30-31H,1-3,20-21H2/q+2/t30-,31-/m1/s1. The molecule has 0 unspecified atom stereocenters. The summed E-state index contributed by atoms with van der Waals surface area (Å²) in [6.07, 6.45) is 6.76. The molecular weight excluding hydrogens is 501 g/mol. The molecule has 0 nitrogen and oxygen atoms in total. The largest absolute Gasteiger partial charge is 0.177 e. The third-order valence-corrected chi connectivity index (χ3v) is 15.9. The molecule has 1 aliphatic carbocycles. The van der Waals surface area contributed by atoms with Gasteiger partial charge in [-0.25, -0.2) is 0 Å². The summed E-state index contributed by atoms with van der Waals surface area (Å²) in [5.41, 5.74) is 0. The van der Waals surface area contributed by atoms with Gasteiger partial charge in [-0.15, -0.1) is 0 Å². The molecule has 2 aliphatic heterocycles. The third kappa shape index (κ3) is 3.98. The molecule has 0 radical (unpaired) electrons. The van der Waals surface area contributed by atoms with Crippen molar-refractivity contribution in [2.75, 3.05) is 0 Å². The van der Waals surface area contributed by atoms with Gasteiger partial charge in [0.2, 0.25) is 0 Å². The van der Waals surface area contributed by atoms with Gasteiger partial charge in [0, 0.05) is 12.8 Å². The predicted octanol–water partition coefficient (Wildman–Crippen LogP) is 9.09. The van der Waals surface area contributed by atoms with Gasteiger partial charge < -0.3 is 0 Å². The first-order valence-corrected chi connectivity index (χ1v) is 16.8. The highest BCUT2D eigenvalue weighted by atomic mass is 32.2. The summed E-state index contributed by atoms with van der Waals surface area (Å²) < 4.78 is 0. The van der Waals surface area contributed by atoms with Crippen molar-refractivity contribution in [3.05, 3.63) is 97.1 Å². The van der Waals surface area contributed by atoms with E-state index in [1.54, 1.807) is 19.6 Å². The van der Waals surface area contributed by atoms with E-state index in [0.717, 1.165) is 0 Å². The van der Waals surface area contributed by atoms with Gasteiger partial charge in [-0.3, -0.25) is 0 Å². The summed E-state index contributed by atoms with van der Waals surface area (Å²) in [5.74, 6) is 0. The Hall–Kier alpha value is -1.72. The molecule has 4 aromatic carbocycles. The Bertz CT molecular complexity index is 1180. The Morgan fingerprint density at radius 1 is 0.429 bits per heavy atom. The Balaban J connectivity index is 1.42. The highest BCUT2D eigenvalue weighted by Crippen LogP contribution is 2.53. The van der Waals surface area contributed by atoms with Gasteiger partial charge >= 0.3 is 0 Å². The molecule has 0 N–H and O–H groups in total. The van der Waals surface area contributed by atoms with E-state index in [-0.39, 0.29) is 21.8 Å². The van der Waals surface area contributed by atoms with Crippen LogP contribution in [0.2, 0.25) is 0 Å². The summed E-state index contributed by atoms with van der Waals surface area (Å²) in [6, 6.07) is 37.1. The number of fused-ring (bicyclic) bond motifs is 4. The van der Waals surface area contributed by atoms with E-state index in [0.29, 0.717) is 10.5 Å². The zero-order valence-electron chi connectivity index (χ0n) is 19.6. The van der Waals surface area contributed by atoms with Gasteiger partial charge in [0.1, 0.15) is 0 Å². The average Bonchev–Trinajstić information content (AvgIpc) is 3.16. The van der Waals surface area contributed by atoms with E-state index in [1.807, 2.05) is 23.5 Å². The normalized spacial score (nSPS) is 21.8. The van der Waals surface area contributed by atoms with Gasteiger partial charge in [0.05, 0.1) is 41.4 Å². The first kappa shape index (κ1) is 22.5. The van der Waals surface area contributed by atoms with E-state index in [2.05, 4.69) is 97.1 Å². The molecule has 0 amide bonds. The Labute approximate surface area is 223 Å². The fourth-order valence-corrected chi connectivity index (χ4v) is 15.3. The molecule has 3 aliphatic rings. The van der Waals surface area contributed by atoms with E-state index in [1.165, 1.54) is 51.7 Å². The van der Waals surface area contributed by atoms with Crippen LogP contribution < -0.4 is 0 Å². The average molecular weight is 529 g/mol. The minimum absolute atomic E-state index is 0.102. The van der Waals surface area contributed by atoms with Crippen molar-refractivity contribution in [3.8, 4) is 0 Å². The van der Waals surface area contributed by atoms with Crippen LogP contribution in [0.25, 0.3) is 0 Å². The van der Waals surface area contributed by atoms with Crippen LogP contribution in [0.15, 0.2) is 136 Å². The molecule has 0 spiro atoms. The maximum Gasteiger partial charge on any atom is 0.177 e. The lowest BCUT2D eigenvalue weighted by Gasteiger charge is -2.30. The lowest BCUT2D eigenvalue weighted by Crippen LogP contribution is -2.41. The van der Waals surface area contributed by atoms with Gasteiger partial charge in [-0.05, 0) is 61.4 Å². The van der Waals surface area contributed by atoms with Crippen molar-refractivity contribution in [1.82, 2.24) is 0 Å². The summed E-state index contributed by atoms with van der Waals surface area (Å²) in [7, 11) is 0.204. The molecule has 0 aromatic heterocycles. The molecule has 2 heterocycles. The quantitative estimate of drug-likeness (QED) is 0.188. The Kier molecular flexibility index (Phi) is 6.18. The summed E-state index contributed by atoms with van der Waals surface area (Å²) in [6.45, 7) is 0. The molecule has 35 heavy (non-hydrogen) atoms. The van der Waals surface area contributed by atoms with E-state index in [4.69, 9.17) is 0 Å². The van der Waals surface area contributed by atoms with Crippen molar-refractivity contribution in [2.45, 2.75) is 81.8 Å². The van der Waals surface area contributed by atoms with Crippen LogP contribution in [0.1, 0.15) is 32.1 Å². The Morgan fingerprint density at radius 3 is 1.09 bits per heavy atom. The topological polar surface area (TPSA) is 0 Å². The van der Waals surface area contributed by atoms with E-state index in [9.17, 15) is 0 Å². The first-order valence-electron chi connectivity index (χ1n) is 12.6. The zero-order valence-corrected chi connectivity index (χ0v) is 22.8. The summed E-state index contributed by atoms with van der Waals surface area (Å²) in [4.78, 5) is 12.2. The second kappa shape index (κ2) is 9.63. The second-order valence-electron chi connectivity index (χ2n) is 9.38. The molecule has 0 saturated heterocycles. The molecule has 7 rings (SSSR count). The fraction of sp³-hybridized carbons (Fsp3) is 0.226. The molecule has 1 fully saturated rings. The van der Waals surface area contributed by atoms with E-state index < -0.39 is 0 Å². The van der Waals surface area contributed by atoms with Crippen LogP contribution in [0.4, 0.5) is 0 Å². The highest BCUT2D eigenvalue weighted by Gasteiger charge is 2.55. The minimum Gasteiger partial charge on any atom is -0.0795 e. The van der Waals surface area contributed by atoms with Crippen LogP contribution in [-0.2, 0) is 21.8 Å². The molecule has 2 atom stereocenters. The molecule has 0 bridgehead atoms. The number of rotatable bonds is 2. The van der Waals surface area contributed by atoms with Gasteiger partial charge in [-0.2, -0.15) is 0 Å². The lowest BCUT2D eigenvalue weighted by molar-refractivity contribution is 0.703. The lowest BCUT2D eigenvalue weighted by atomic mass is 10.2. The maximum atomic E-state index is 2.44. The molecular formula is C31H28S4+2. The summed E-state index contributed by atoms with van der Waals surface area (Å²) in [5, 5.41) is 1.35. The molecule has 4 aromatic rings. The third-order valence-electron chi connectivity index (χ3n) is 7.28. The maximum absolute atomic E-state index is 2.44. The van der Waals surface area contributed by atoms with Crippen molar-refractivity contribution in [2.24, 2.45) is 0 Å². The number of benzene rings is 4. The van der Waals surface area contributed by atoms with Crippen LogP contribution in [0.3, 0.4) is 0 Å². The van der Waals surface area contributed by atoms with Gasteiger partial charge in [0.15, 0.2) is 30.1 Å². The van der Waals surface area contributed by atoms with Crippen LogP contribution in [0, 0.1) is 0 Å². The van der Waals surface area contributed by atoms with E-state index >= 15 is 0 Å². The second-order valence-corrected chi connectivity index (χ2v) is 15.9. The predicted molar refractivity (Wildman–Crippen MR) is 152 cm³/mol. The Morgan fingerprint density at radius 2 is 0.743 bits per heavy atom. The highest BCUT2D eigenvalue weighted by molar-refractivity contribution is 8.06. The van der Waals surface area contributed by atoms with Crippen molar-refractivity contribution >= 4 is 45.3 Å². The van der Waals surface area contributed by atoms with Gasteiger partial charge in [-0.1, -0.05) is 78.5 Å². The summed E-state index contributed by atoms with van der Waals surface area (Å²) >= 11 is 3.95. The first-order chi connectivity index (χ1) is 17.4. The van der Waals surface area contributed by atoms with Crippen LogP contribution >= 0.6 is 23.5 Å². The number of hydrogen-bond donors (Lipinski definition) is 0. The number of hydrogen-bond acceptors (Lipinski definition) is 2. The van der Waals surface area contributed by atoms with Gasteiger partial charge in [0.25, 0.3) is 0 Å². The SMILES string of the molecule is c1ccc2c(c1)Sc1ccccc1[S+]2[C@@H]1CCCCC[C@H]1[S+]1c2ccccc2Sc2ccccc21. The van der Waals surface area contributed by atoms with Crippen LogP contribution in [-0.4, -0.2) is 10.5 Å². The molecule has 174 valence electrons. The molecule has 1 saturated carbocycles.